The number of aromatic nitrogens is 2. The number of piperazine rings is 1. The first-order chi connectivity index (χ1) is 8.74. The van der Waals surface area contributed by atoms with Gasteiger partial charge in [0.05, 0.1) is 5.02 Å². The number of anilines is 2. The van der Waals surface area contributed by atoms with Gasteiger partial charge in [0.1, 0.15) is 11.6 Å². The van der Waals surface area contributed by atoms with Gasteiger partial charge in [-0.15, -0.1) is 0 Å². The highest BCUT2D eigenvalue weighted by atomic mass is 35.5. The molecule has 0 spiro atoms. The molecular formula is C12H14ClN5. The molecule has 2 aromatic rings. The van der Waals surface area contributed by atoms with Crippen LogP contribution in [0.5, 0.6) is 0 Å². The molecule has 0 bridgehead atoms. The van der Waals surface area contributed by atoms with Crippen molar-refractivity contribution in [3.05, 3.63) is 23.2 Å². The van der Waals surface area contributed by atoms with Crippen LogP contribution in [0.2, 0.25) is 5.02 Å². The Labute approximate surface area is 110 Å². The monoisotopic (exact) mass is 263 g/mol. The van der Waals surface area contributed by atoms with Gasteiger partial charge in [-0.25, -0.2) is 9.97 Å². The van der Waals surface area contributed by atoms with Gasteiger partial charge in [-0.05, 0) is 12.1 Å². The maximum Gasteiger partial charge on any atom is 0.165 e. The zero-order chi connectivity index (χ0) is 12.5. The van der Waals surface area contributed by atoms with Crippen LogP contribution in [0.15, 0.2) is 18.2 Å². The zero-order valence-electron chi connectivity index (χ0n) is 9.86. The molecule has 0 amide bonds. The van der Waals surface area contributed by atoms with Gasteiger partial charge >= 0.3 is 0 Å². The van der Waals surface area contributed by atoms with Crippen molar-refractivity contribution in [2.24, 2.45) is 0 Å². The third-order valence-corrected chi connectivity index (χ3v) is 3.38. The normalized spacial score (nSPS) is 16.2. The molecule has 0 unspecified atom stereocenters. The van der Waals surface area contributed by atoms with Crippen molar-refractivity contribution in [3.8, 4) is 0 Å². The van der Waals surface area contributed by atoms with E-state index in [-0.39, 0.29) is 0 Å². The lowest BCUT2D eigenvalue weighted by atomic mass is 10.2. The molecule has 18 heavy (non-hydrogen) atoms. The second-order valence-electron chi connectivity index (χ2n) is 4.31. The Bertz CT molecular complexity index is 580. The Morgan fingerprint density at radius 2 is 2.00 bits per heavy atom. The number of pyridine rings is 2. The van der Waals surface area contributed by atoms with E-state index in [2.05, 4.69) is 20.2 Å². The van der Waals surface area contributed by atoms with Crippen LogP contribution in [0.4, 0.5) is 11.6 Å². The number of nitrogen functional groups attached to an aromatic ring is 1. The molecule has 3 heterocycles. The van der Waals surface area contributed by atoms with Crippen molar-refractivity contribution in [3.63, 3.8) is 0 Å². The quantitative estimate of drug-likeness (QED) is 0.811. The van der Waals surface area contributed by atoms with Gasteiger partial charge in [0, 0.05) is 37.6 Å². The molecule has 0 atom stereocenters. The summed E-state index contributed by atoms with van der Waals surface area (Å²) in [6.45, 7) is 3.78. The topological polar surface area (TPSA) is 67.1 Å². The molecule has 3 rings (SSSR count). The third-order valence-electron chi connectivity index (χ3n) is 3.07. The maximum atomic E-state index is 6.27. The molecule has 1 aliphatic rings. The minimum Gasteiger partial charge on any atom is -0.384 e. The van der Waals surface area contributed by atoms with Crippen LogP contribution in [-0.2, 0) is 0 Å². The van der Waals surface area contributed by atoms with E-state index in [9.17, 15) is 0 Å². The first-order valence-corrected chi connectivity index (χ1v) is 6.30. The third kappa shape index (κ3) is 2.07. The predicted octanol–water partition coefficient (Wildman–Crippen LogP) is 1.27. The van der Waals surface area contributed by atoms with Gasteiger partial charge in [0.15, 0.2) is 5.65 Å². The Morgan fingerprint density at radius 1 is 1.22 bits per heavy atom. The Morgan fingerprint density at radius 3 is 2.78 bits per heavy atom. The second-order valence-corrected chi connectivity index (χ2v) is 4.71. The fourth-order valence-electron chi connectivity index (χ4n) is 2.12. The van der Waals surface area contributed by atoms with Gasteiger partial charge in [-0.2, -0.15) is 0 Å². The Hall–Kier alpha value is -1.59. The minimum absolute atomic E-state index is 0.462. The molecule has 3 N–H and O–H groups in total. The van der Waals surface area contributed by atoms with Crippen LogP contribution in [0.1, 0.15) is 0 Å². The van der Waals surface area contributed by atoms with E-state index < -0.39 is 0 Å². The lowest BCUT2D eigenvalue weighted by molar-refractivity contribution is 0.585. The van der Waals surface area contributed by atoms with Gasteiger partial charge in [0.2, 0.25) is 0 Å². The smallest absolute Gasteiger partial charge is 0.165 e. The number of nitrogens with zero attached hydrogens (tertiary/aromatic N) is 3. The highest BCUT2D eigenvalue weighted by molar-refractivity contribution is 6.35. The number of nitrogens with one attached hydrogen (secondary N) is 1. The number of hydrogen-bond donors (Lipinski definition) is 2. The lowest BCUT2D eigenvalue weighted by Crippen LogP contribution is -2.43. The van der Waals surface area contributed by atoms with Crippen molar-refractivity contribution in [2.75, 3.05) is 36.8 Å². The highest BCUT2D eigenvalue weighted by Crippen LogP contribution is 2.26. The van der Waals surface area contributed by atoms with Crippen LogP contribution in [0.3, 0.4) is 0 Å². The van der Waals surface area contributed by atoms with Crippen molar-refractivity contribution < 1.29 is 0 Å². The lowest BCUT2D eigenvalue weighted by Gasteiger charge is -2.28. The second kappa shape index (κ2) is 4.59. The van der Waals surface area contributed by atoms with Crippen LogP contribution in [-0.4, -0.2) is 36.1 Å². The van der Waals surface area contributed by atoms with Crippen LogP contribution in [0.25, 0.3) is 11.0 Å². The fraction of sp³-hybridized carbons (Fsp3) is 0.333. The molecule has 5 nitrogen and oxygen atoms in total. The summed E-state index contributed by atoms with van der Waals surface area (Å²) in [7, 11) is 0. The molecule has 2 aromatic heterocycles. The van der Waals surface area contributed by atoms with E-state index in [1.54, 1.807) is 6.07 Å². The van der Waals surface area contributed by atoms with Gasteiger partial charge < -0.3 is 16.0 Å². The molecule has 0 aromatic carbocycles. The highest BCUT2D eigenvalue weighted by Gasteiger charge is 2.14. The summed E-state index contributed by atoms with van der Waals surface area (Å²) in [5.74, 6) is 1.33. The number of halogens is 1. The number of nitrogens with two attached hydrogens (primary N) is 1. The number of hydrogen-bond acceptors (Lipinski definition) is 5. The van der Waals surface area contributed by atoms with E-state index in [1.807, 2.05) is 12.1 Å². The van der Waals surface area contributed by atoms with Crippen LogP contribution in [0, 0.1) is 0 Å². The largest absolute Gasteiger partial charge is 0.384 e. The molecule has 94 valence electrons. The average Bonchev–Trinajstić information content (AvgIpc) is 2.39. The number of rotatable bonds is 1. The molecular weight excluding hydrogens is 250 g/mol. The Balaban J connectivity index is 2.07. The van der Waals surface area contributed by atoms with E-state index in [0.717, 1.165) is 37.4 Å². The average molecular weight is 264 g/mol. The first-order valence-electron chi connectivity index (χ1n) is 5.92. The number of fused-ring (bicyclic) bond motifs is 1. The van der Waals surface area contributed by atoms with E-state index in [4.69, 9.17) is 17.3 Å². The molecule has 1 saturated heterocycles. The maximum absolute atomic E-state index is 6.27. The summed E-state index contributed by atoms with van der Waals surface area (Å²) in [6.07, 6.45) is 0. The Kier molecular flexibility index (Phi) is 2.93. The van der Waals surface area contributed by atoms with Crippen molar-refractivity contribution in [2.45, 2.75) is 0 Å². The predicted molar refractivity (Wildman–Crippen MR) is 74.0 cm³/mol. The molecule has 0 radical (unpaired) electrons. The standard InChI is InChI=1S/C12H14ClN5/c13-9-7-11(18-5-3-15-4-6-18)17-12-8(9)1-2-10(14)16-12/h1-2,7,15H,3-6H2,(H2,14,16,17). The van der Waals surface area contributed by atoms with E-state index in [0.29, 0.717) is 16.5 Å². The fourth-order valence-corrected chi connectivity index (χ4v) is 2.37. The van der Waals surface area contributed by atoms with Gasteiger partial charge in [-0.1, -0.05) is 11.6 Å². The molecule has 0 aliphatic carbocycles. The first kappa shape index (κ1) is 11.5. The van der Waals surface area contributed by atoms with E-state index in [1.165, 1.54) is 0 Å². The van der Waals surface area contributed by atoms with Crippen molar-refractivity contribution in [1.82, 2.24) is 15.3 Å². The minimum atomic E-state index is 0.462. The van der Waals surface area contributed by atoms with Crippen LogP contribution >= 0.6 is 11.6 Å². The van der Waals surface area contributed by atoms with Gasteiger partial charge in [0.25, 0.3) is 0 Å². The van der Waals surface area contributed by atoms with Crippen LogP contribution < -0.4 is 16.0 Å². The summed E-state index contributed by atoms with van der Waals surface area (Å²) in [5.41, 5.74) is 6.29. The summed E-state index contributed by atoms with van der Waals surface area (Å²) in [4.78, 5) is 11.0. The summed E-state index contributed by atoms with van der Waals surface area (Å²) >= 11 is 6.27. The molecule has 6 heteroatoms. The summed E-state index contributed by atoms with van der Waals surface area (Å²) < 4.78 is 0. The van der Waals surface area contributed by atoms with Crippen molar-refractivity contribution in [1.29, 1.82) is 0 Å². The SMILES string of the molecule is Nc1ccc2c(Cl)cc(N3CCNCC3)nc2n1. The molecule has 1 fully saturated rings. The summed E-state index contributed by atoms with van der Waals surface area (Å²) in [6, 6.07) is 5.49. The summed E-state index contributed by atoms with van der Waals surface area (Å²) in [5, 5.41) is 4.81. The zero-order valence-corrected chi connectivity index (χ0v) is 10.6. The van der Waals surface area contributed by atoms with Gasteiger partial charge in [-0.3, -0.25) is 0 Å². The molecule has 0 saturated carbocycles. The molecule has 1 aliphatic heterocycles. The van der Waals surface area contributed by atoms with Crippen molar-refractivity contribution >= 4 is 34.3 Å². The van der Waals surface area contributed by atoms with E-state index >= 15 is 0 Å².